The monoisotopic (exact) mass is 177 g/mol. The fourth-order valence-electron chi connectivity index (χ4n) is 1.79. The highest BCUT2D eigenvalue weighted by molar-refractivity contribution is 5.38. The molecule has 1 fully saturated rings. The van der Waals surface area contributed by atoms with Gasteiger partial charge in [0.1, 0.15) is 0 Å². The number of hydrogen-bond donors (Lipinski definition) is 2. The van der Waals surface area contributed by atoms with Crippen molar-refractivity contribution in [3.63, 3.8) is 0 Å². The fraction of sp³-hybridized carbons (Fsp3) is 0.500. The molecule has 70 valence electrons. The van der Waals surface area contributed by atoms with Gasteiger partial charge in [-0.15, -0.1) is 0 Å². The zero-order valence-electron chi connectivity index (χ0n) is 7.66. The number of nitrogen functional groups attached to an aromatic ring is 1. The minimum Gasteiger partial charge on any atom is -0.399 e. The van der Waals surface area contributed by atoms with Crippen LogP contribution in [-0.2, 0) is 0 Å². The summed E-state index contributed by atoms with van der Waals surface area (Å²) in [6.07, 6.45) is 4.25. The zero-order valence-corrected chi connectivity index (χ0v) is 7.66. The van der Waals surface area contributed by atoms with Crippen LogP contribution < -0.4 is 11.1 Å². The van der Waals surface area contributed by atoms with Gasteiger partial charge in [-0.1, -0.05) is 0 Å². The molecular weight excluding hydrogens is 162 g/mol. The molecule has 1 atom stereocenters. The summed E-state index contributed by atoms with van der Waals surface area (Å²) >= 11 is 0. The van der Waals surface area contributed by atoms with Crippen molar-refractivity contribution in [2.24, 2.45) is 0 Å². The van der Waals surface area contributed by atoms with Gasteiger partial charge in [0.15, 0.2) is 0 Å². The lowest BCUT2D eigenvalue weighted by molar-refractivity contribution is 0.455. The summed E-state index contributed by atoms with van der Waals surface area (Å²) in [7, 11) is 0. The molecule has 0 aliphatic carbocycles. The van der Waals surface area contributed by atoms with Gasteiger partial charge in [0, 0.05) is 30.0 Å². The molecule has 0 spiro atoms. The van der Waals surface area contributed by atoms with Crippen molar-refractivity contribution in [2.75, 3.05) is 18.8 Å². The quantitative estimate of drug-likeness (QED) is 0.676. The number of nitrogens with two attached hydrogens (primary N) is 1. The van der Waals surface area contributed by atoms with E-state index in [9.17, 15) is 0 Å². The van der Waals surface area contributed by atoms with Gasteiger partial charge in [0.25, 0.3) is 0 Å². The third kappa shape index (κ3) is 1.98. The largest absolute Gasteiger partial charge is 0.399 e. The normalized spacial score (nSPS) is 22.9. The van der Waals surface area contributed by atoms with Crippen LogP contribution in [0.4, 0.5) is 5.69 Å². The summed E-state index contributed by atoms with van der Waals surface area (Å²) in [5.41, 5.74) is 7.65. The van der Waals surface area contributed by atoms with Gasteiger partial charge in [0.2, 0.25) is 0 Å². The lowest BCUT2D eigenvalue weighted by Crippen LogP contribution is -2.28. The lowest BCUT2D eigenvalue weighted by Gasteiger charge is -2.22. The van der Waals surface area contributed by atoms with Crippen LogP contribution >= 0.6 is 0 Å². The third-order valence-electron chi connectivity index (χ3n) is 2.52. The molecule has 1 unspecified atom stereocenters. The first-order chi connectivity index (χ1) is 6.36. The molecule has 2 heterocycles. The lowest BCUT2D eigenvalue weighted by atomic mass is 9.95. The number of anilines is 1. The predicted octanol–water partition coefficient (Wildman–Crippen LogP) is 1.13. The number of nitrogens with one attached hydrogen (secondary N) is 1. The van der Waals surface area contributed by atoms with Gasteiger partial charge in [-0.3, -0.25) is 4.98 Å². The Kier molecular flexibility index (Phi) is 2.45. The van der Waals surface area contributed by atoms with E-state index in [1.807, 2.05) is 12.1 Å². The third-order valence-corrected chi connectivity index (χ3v) is 2.52. The Labute approximate surface area is 78.4 Å². The molecule has 1 saturated heterocycles. The predicted molar refractivity (Wildman–Crippen MR) is 53.5 cm³/mol. The molecule has 1 aromatic rings. The van der Waals surface area contributed by atoms with Crippen LogP contribution in [0.15, 0.2) is 18.3 Å². The fourth-order valence-corrected chi connectivity index (χ4v) is 1.79. The first-order valence-electron chi connectivity index (χ1n) is 4.78. The average molecular weight is 177 g/mol. The second-order valence-electron chi connectivity index (χ2n) is 3.56. The second kappa shape index (κ2) is 3.75. The van der Waals surface area contributed by atoms with Gasteiger partial charge >= 0.3 is 0 Å². The molecule has 2 rings (SSSR count). The number of nitrogens with zero attached hydrogens (tertiary/aromatic N) is 1. The van der Waals surface area contributed by atoms with Crippen LogP contribution in [0.5, 0.6) is 0 Å². The van der Waals surface area contributed by atoms with Gasteiger partial charge < -0.3 is 11.1 Å². The molecule has 0 bridgehead atoms. The standard InChI is InChI=1S/C10H15N3/c11-9-3-5-13-10(6-9)8-2-1-4-12-7-8/h3,5-6,8,12H,1-2,4,7H2,(H2,11,13). The van der Waals surface area contributed by atoms with E-state index in [4.69, 9.17) is 5.73 Å². The Balaban J connectivity index is 2.14. The Morgan fingerprint density at radius 3 is 3.15 bits per heavy atom. The Bertz CT molecular complexity index is 279. The van der Waals surface area contributed by atoms with E-state index < -0.39 is 0 Å². The number of aromatic nitrogens is 1. The van der Waals surface area contributed by atoms with Crippen LogP contribution in [0, 0.1) is 0 Å². The summed E-state index contributed by atoms with van der Waals surface area (Å²) < 4.78 is 0. The highest BCUT2D eigenvalue weighted by atomic mass is 14.9. The molecule has 1 aliphatic rings. The zero-order chi connectivity index (χ0) is 9.10. The van der Waals surface area contributed by atoms with Crippen LogP contribution in [-0.4, -0.2) is 18.1 Å². The Hall–Kier alpha value is -1.09. The molecular formula is C10H15N3. The maximum atomic E-state index is 5.70. The van der Waals surface area contributed by atoms with E-state index in [-0.39, 0.29) is 0 Å². The summed E-state index contributed by atoms with van der Waals surface area (Å²) in [6.45, 7) is 2.18. The SMILES string of the molecule is Nc1ccnc(C2CCCNC2)c1. The van der Waals surface area contributed by atoms with E-state index >= 15 is 0 Å². The number of piperidine rings is 1. The molecule has 0 aromatic carbocycles. The van der Waals surface area contributed by atoms with Gasteiger partial charge in [0.05, 0.1) is 0 Å². The second-order valence-corrected chi connectivity index (χ2v) is 3.56. The van der Waals surface area contributed by atoms with Crippen molar-refractivity contribution in [1.82, 2.24) is 10.3 Å². The molecule has 3 heteroatoms. The van der Waals surface area contributed by atoms with Crippen LogP contribution in [0.3, 0.4) is 0 Å². The first kappa shape index (κ1) is 8.51. The minimum atomic E-state index is 0.553. The molecule has 0 saturated carbocycles. The average Bonchev–Trinajstić information content (AvgIpc) is 2.19. The summed E-state index contributed by atoms with van der Waals surface area (Å²) in [4.78, 5) is 4.34. The van der Waals surface area contributed by atoms with E-state index in [2.05, 4.69) is 10.3 Å². The molecule has 0 amide bonds. The van der Waals surface area contributed by atoms with Crippen molar-refractivity contribution in [3.05, 3.63) is 24.0 Å². The topological polar surface area (TPSA) is 50.9 Å². The maximum Gasteiger partial charge on any atom is 0.0467 e. The minimum absolute atomic E-state index is 0.553. The van der Waals surface area contributed by atoms with Crippen molar-refractivity contribution >= 4 is 5.69 Å². The van der Waals surface area contributed by atoms with E-state index in [1.165, 1.54) is 12.8 Å². The maximum absolute atomic E-state index is 5.70. The smallest absolute Gasteiger partial charge is 0.0467 e. The highest BCUT2D eigenvalue weighted by Gasteiger charge is 2.15. The summed E-state index contributed by atoms with van der Waals surface area (Å²) in [6, 6.07) is 3.82. The molecule has 0 radical (unpaired) electrons. The highest BCUT2D eigenvalue weighted by Crippen LogP contribution is 2.22. The molecule has 13 heavy (non-hydrogen) atoms. The van der Waals surface area contributed by atoms with Crippen molar-refractivity contribution in [2.45, 2.75) is 18.8 Å². The molecule has 3 nitrogen and oxygen atoms in total. The van der Waals surface area contributed by atoms with Crippen LogP contribution in [0.25, 0.3) is 0 Å². The Morgan fingerprint density at radius 2 is 2.46 bits per heavy atom. The van der Waals surface area contributed by atoms with Crippen molar-refractivity contribution in [1.29, 1.82) is 0 Å². The summed E-state index contributed by atoms with van der Waals surface area (Å²) in [5.74, 6) is 0.553. The number of rotatable bonds is 1. The van der Waals surface area contributed by atoms with Crippen molar-refractivity contribution < 1.29 is 0 Å². The molecule has 1 aliphatic heterocycles. The first-order valence-corrected chi connectivity index (χ1v) is 4.78. The van der Waals surface area contributed by atoms with E-state index in [1.54, 1.807) is 6.20 Å². The summed E-state index contributed by atoms with van der Waals surface area (Å²) in [5, 5.41) is 3.37. The van der Waals surface area contributed by atoms with E-state index in [0.717, 1.165) is 24.5 Å². The number of pyridine rings is 1. The number of hydrogen-bond acceptors (Lipinski definition) is 3. The Morgan fingerprint density at radius 1 is 1.54 bits per heavy atom. The van der Waals surface area contributed by atoms with Crippen molar-refractivity contribution in [3.8, 4) is 0 Å². The van der Waals surface area contributed by atoms with Gasteiger partial charge in [-0.2, -0.15) is 0 Å². The van der Waals surface area contributed by atoms with Crippen LogP contribution in [0.1, 0.15) is 24.5 Å². The molecule has 1 aromatic heterocycles. The van der Waals surface area contributed by atoms with Gasteiger partial charge in [-0.05, 0) is 31.5 Å². The van der Waals surface area contributed by atoms with Gasteiger partial charge in [-0.25, -0.2) is 0 Å². The van der Waals surface area contributed by atoms with E-state index in [0.29, 0.717) is 5.92 Å². The van der Waals surface area contributed by atoms with Crippen LogP contribution in [0.2, 0.25) is 0 Å². The molecule has 3 N–H and O–H groups in total.